The number of hydrogen-bond donors (Lipinski definition) is 2. The Labute approximate surface area is 125 Å². The normalized spacial score (nSPS) is 10.1. The van der Waals surface area contributed by atoms with Crippen LogP contribution in [0.2, 0.25) is 0 Å². The van der Waals surface area contributed by atoms with Crippen LogP contribution in [0, 0.1) is 17.7 Å². The fraction of sp³-hybridized carbons (Fsp3) is 0.438. The Morgan fingerprint density at radius 2 is 2.24 bits per heavy atom. The number of hydrogen-bond acceptors (Lipinski definition) is 3. The zero-order valence-corrected chi connectivity index (χ0v) is 12.4. The van der Waals surface area contributed by atoms with Crippen LogP contribution in [-0.4, -0.2) is 42.7 Å². The second-order valence-electron chi connectivity index (χ2n) is 4.71. The van der Waals surface area contributed by atoms with Gasteiger partial charge in [-0.15, -0.1) is 0 Å². The van der Waals surface area contributed by atoms with Gasteiger partial charge in [-0.3, -0.25) is 9.69 Å². The van der Waals surface area contributed by atoms with Gasteiger partial charge in [0, 0.05) is 30.6 Å². The van der Waals surface area contributed by atoms with Gasteiger partial charge in [0.15, 0.2) is 0 Å². The van der Waals surface area contributed by atoms with E-state index in [1.807, 2.05) is 6.92 Å². The summed E-state index contributed by atoms with van der Waals surface area (Å²) in [5, 5.41) is 11.3. The van der Waals surface area contributed by atoms with Crippen molar-refractivity contribution < 1.29 is 14.3 Å². The van der Waals surface area contributed by atoms with Crippen LogP contribution in [0.1, 0.15) is 24.5 Å². The van der Waals surface area contributed by atoms with E-state index in [0.717, 1.165) is 0 Å². The van der Waals surface area contributed by atoms with E-state index in [0.29, 0.717) is 30.6 Å². The van der Waals surface area contributed by atoms with Gasteiger partial charge >= 0.3 is 0 Å². The molecular formula is C16H21FN2O2. The first kappa shape index (κ1) is 17.2. The molecule has 1 aromatic rings. The molecular weight excluding hydrogens is 271 g/mol. The molecule has 0 aliphatic heterocycles. The molecule has 4 nitrogen and oxygen atoms in total. The molecule has 1 amide bonds. The lowest BCUT2D eigenvalue weighted by atomic mass is 10.1. The smallest absolute Gasteiger partial charge is 0.234 e. The lowest BCUT2D eigenvalue weighted by Crippen LogP contribution is -2.34. The van der Waals surface area contributed by atoms with E-state index in [4.69, 9.17) is 5.11 Å². The van der Waals surface area contributed by atoms with Crippen LogP contribution >= 0.6 is 0 Å². The van der Waals surface area contributed by atoms with Crippen molar-refractivity contribution in [3.8, 4) is 11.8 Å². The Hall–Kier alpha value is -1.90. The number of nitrogens with zero attached hydrogens (tertiary/aromatic N) is 1. The summed E-state index contributed by atoms with van der Waals surface area (Å²) in [4.78, 5) is 13.2. The lowest BCUT2D eigenvalue weighted by molar-refractivity contribution is -0.121. The largest absolute Gasteiger partial charge is 0.395 e. The van der Waals surface area contributed by atoms with E-state index in [1.54, 1.807) is 24.1 Å². The van der Waals surface area contributed by atoms with E-state index in [1.165, 1.54) is 6.07 Å². The minimum atomic E-state index is -0.339. The summed E-state index contributed by atoms with van der Waals surface area (Å²) >= 11 is 0. The highest BCUT2D eigenvalue weighted by atomic mass is 19.1. The molecule has 2 N–H and O–H groups in total. The Balaban J connectivity index is 2.64. The molecule has 5 heteroatoms. The van der Waals surface area contributed by atoms with E-state index >= 15 is 0 Å². The van der Waals surface area contributed by atoms with Crippen LogP contribution in [0.15, 0.2) is 18.2 Å². The molecule has 21 heavy (non-hydrogen) atoms. The quantitative estimate of drug-likeness (QED) is 0.773. The molecule has 0 spiro atoms. The molecule has 0 atom stereocenters. The number of likely N-dealkylation sites (N-methyl/N-ethyl adjacent to an activating group) is 2. The number of benzene rings is 1. The molecule has 0 aromatic heterocycles. The number of aliphatic hydroxyl groups excluding tert-OH is 1. The topological polar surface area (TPSA) is 52.6 Å². The van der Waals surface area contributed by atoms with Crippen LogP contribution in [0.4, 0.5) is 4.39 Å². The summed E-state index contributed by atoms with van der Waals surface area (Å²) in [6.45, 7) is 3.02. The number of nitrogens with one attached hydrogen (secondary N) is 1. The third kappa shape index (κ3) is 6.39. The molecule has 0 unspecified atom stereocenters. The first-order valence-electron chi connectivity index (χ1n) is 6.90. The van der Waals surface area contributed by atoms with Crippen molar-refractivity contribution in [3.05, 3.63) is 35.1 Å². The van der Waals surface area contributed by atoms with Gasteiger partial charge < -0.3 is 10.4 Å². The highest BCUT2D eigenvalue weighted by molar-refractivity contribution is 5.77. The standard InChI is InChI=1S/C16H21FN2O2/c1-3-18-16(21)12-19(2)11-14-8-7-13(10-15(14)17)6-4-5-9-20/h7-8,10,20H,3,5,9,11-12H2,1-2H3,(H,18,21). The Kier molecular flexibility index (Phi) is 7.44. The predicted octanol–water partition coefficient (Wildman–Crippen LogP) is 1.13. The van der Waals surface area contributed by atoms with Gasteiger partial charge in [-0.05, 0) is 26.1 Å². The highest BCUT2D eigenvalue weighted by Gasteiger charge is 2.09. The van der Waals surface area contributed by atoms with E-state index in [9.17, 15) is 9.18 Å². The number of carbonyl (C=O) groups is 1. The average Bonchev–Trinajstić information content (AvgIpc) is 2.42. The number of carbonyl (C=O) groups excluding carboxylic acids is 1. The van der Waals surface area contributed by atoms with Crippen molar-refractivity contribution in [1.82, 2.24) is 10.2 Å². The summed E-state index contributed by atoms with van der Waals surface area (Å²) in [5.74, 6) is 5.12. The van der Waals surface area contributed by atoms with Crippen molar-refractivity contribution in [3.63, 3.8) is 0 Å². The van der Waals surface area contributed by atoms with Gasteiger partial charge in [-0.25, -0.2) is 4.39 Å². The second kappa shape index (κ2) is 9.11. The summed E-state index contributed by atoms with van der Waals surface area (Å²) < 4.78 is 14.0. The van der Waals surface area contributed by atoms with Gasteiger partial charge in [0.25, 0.3) is 0 Å². The Morgan fingerprint density at radius 1 is 1.48 bits per heavy atom. The van der Waals surface area contributed by atoms with Gasteiger partial charge in [-0.2, -0.15) is 0 Å². The van der Waals surface area contributed by atoms with Crippen LogP contribution in [-0.2, 0) is 11.3 Å². The lowest BCUT2D eigenvalue weighted by Gasteiger charge is -2.16. The van der Waals surface area contributed by atoms with E-state index in [-0.39, 0.29) is 24.9 Å². The fourth-order valence-electron chi connectivity index (χ4n) is 1.82. The Morgan fingerprint density at radius 3 is 2.86 bits per heavy atom. The van der Waals surface area contributed by atoms with Gasteiger partial charge in [0.1, 0.15) is 5.82 Å². The first-order valence-corrected chi connectivity index (χ1v) is 6.90. The molecule has 0 heterocycles. The maximum Gasteiger partial charge on any atom is 0.234 e. The monoisotopic (exact) mass is 292 g/mol. The van der Waals surface area contributed by atoms with Crippen molar-refractivity contribution in [2.45, 2.75) is 19.9 Å². The fourth-order valence-corrected chi connectivity index (χ4v) is 1.82. The maximum atomic E-state index is 14.0. The maximum absolute atomic E-state index is 14.0. The minimum absolute atomic E-state index is 0.00180. The van der Waals surface area contributed by atoms with Crippen LogP contribution in [0.3, 0.4) is 0 Å². The molecule has 0 aliphatic carbocycles. The average molecular weight is 292 g/mol. The SMILES string of the molecule is CCNC(=O)CN(C)Cc1ccc(C#CCCO)cc1F. The molecule has 0 radical (unpaired) electrons. The molecule has 0 bridgehead atoms. The molecule has 0 saturated heterocycles. The zero-order valence-electron chi connectivity index (χ0n) is 12.4. The third-order valence-corrected chi connectivity index (χ3v) is 2.75. The highest BCUT2D eigenvalue weighted by Crippen LogP contribution is 2.12. The second-order valence-corrected chi connectivity index (χ2v) is 4.71. The third-order valence-electron chi connectivity index (χ3n) is 2.75. The number of rotatable bonds is 6. The van der Waals surface area contributed by atoms with Crippen molar-refractivity contribution in [1.29, 1.82) is 0 Å². The number of halogens is 1. The number of amides is 1. The van der Waals surface area contributed by atoms with E-state index in [2.05, 4.69) is 17.2 Å². The van der Waals surface area contributed by atoms with Gasteiger partial charge in [-0.1, -0.05) is 17.9 Å². The Bertz CT molecular complexity index is 535. The molecule has 0 aliphatic rings. The van der Waals surface area contributed by atoms with E-state index < -0.39 is 0 Å². The molecule has 114 valence electrons. The summed E-state index contributed by atoms with van der Waals surface area (Å²) in [7, 11) is 1.77. The van der Waals surface area contributed by atoms with Gasteiger partial charge in [0.05, 0.1) is 13.2 Å². The summed E-state index contributed by atoms with van der Waals surface area (Å²) in [6, 6.07) is 4.79. The van der Waals surface area contributed by atoms with Crippen LogP contribution in [0.25, 0.3) is 0 Å². The predicted molar refractivity (Wildman–Crippen MR) is 80.0 cm³/mol. The molecule has 0 fully saturated rings. The number of aliphatic hydroxyl groups is 1. The zero-order chi connectivity index (χ0) is 15.7. The van der Waals surface area contributed by atoms with Crippen LogP contribution in [0.5, 0.6) is 0 Å². The summed E-state index contributed by atoms with van der Waals surface area (Å²) in [5.41, 5.74) is 1.10. The molecule has 0 saturated carbocycles. The summed E-state index contributed by atoms with van der Waals surface area (Å²) in [6.07, 6.45) is 0.374. The van der Waals surface area contributed by atoms with Crippen molar-refractivity contribution in [2.75, 3.05) is 26.7 Å². The van der Waals surface area contributed by atoms with Gasteiger partial charge in [0.2, 0.25) is 5.91 Å². The molecule has 1 aromatic carbocycles. The first-order chi connectivity index (χ1) is 10.1. The minimum Gasteiger partial charge on any atom is -0.395 e. The van der Waals surface area contributed by atoms with Crippen molar-refractivity contribution >= 4 is 5.91 Å². The van der Waals surface area contributed by atoms with Crippen LogP contribution < -0.4 is 5.32 Å². The molecule has 1 rings (SSSR count). The van der Waals surface area contributed by atoms with Crippen molar-refractivity contribution in [2.24, 2.45) is 0 Å².